The van der Waals surface area contributed by atoms with Crippen LogP contribution in [-0.2, 0) is 19.9 Å². The van der Waals surface area contributed by atoms with E-state index in [1.165, 1.54) is 31.4 Å². The molecule has 0 aliphatic carbocycles. The first-order valence-corrected chi connectivity index (χ1v) is 9.26. The fraction of sp³-hybridized carbons (Fsp3) is 0.619. The SMILES string of the molecule is CCCCC(CC)COC[CH]OOC(=O)c1ccc(C(C)(C)C)cc1. The summed E-state index contributed by atoms with van der Waals surface area (Å²) in [4.78, 5) is 21.5. The molecule has 1 aromatic carbocycles. The Kier molecular flexibility index (Phi) is 9.76. The Hall–Kier alpha value is -1.39. The second-order valence-corrected chi connectivity index (χ2v) is 7.41. The highest BCUT2D eigenvalue weighted by atomic mass is 17.2. The molecule has 0 fully saturated rings. The molecular weight excluding hydrogens is 316 g/mol. The molecule has 141 valence electrons. The second kappa shape index (κ2) is 11.3. The van der Waals surface area contributed by atoms with E-state index in [0.29, 0.717) is 24.7 Å². The van der Waals surface area contributed by atoms with Gasteiger partial charge in [0.1, 0.15) is 0 Å². The molecule has 4 nitrogen and oxygen atoms in total. The van der Waals surface area contributed by atoms with Gasteiger partial charge in [-0.15, -0.1) is 0 Å². The van der Waals surface area contributed by atoms with Crippen LogP contribution in [0.25, 0.3) is 0 Å². The van der Waals surface area contributed by atoms with Crippen LogP contribution in [-0.4, -0.2) is 19.2 Å². The van der Waals surface area contributed by atoms with E-state index in [-0.39, 0.29) is 5.41 Å². The first-order valence-electron chi connectivity index (χ1n) is 9.26. The van der Waals surface area contributed by atoms with E-state index in [2.05, 4.69) is 34.6 Å². The monoisotopic (exact) mass is 349 g/mol. The minimum Gasteiger partial charge on any atom is -0.378 e. The van der Waals surface area contributed by atoms with Gasteiger partial charge in [-0.25, -0.2) is 4.79 Å². The third kappa shape index (κ3) is 8.50. The summed E-state index contributed by atoms with van der Waals surface area (Å²) in [5.41, 5.74) is 1.68. The number of carbonyl (C=O) groups excluding carboxylic acids is 1. The normalized spacial score (nSPS) is 12.8. The van der Waals surface area contributed by atoms with E-state index in [4.69, 9.17) is 14.5 Å². The Morgan fingerprint density at radius 1 is 1.16 bits per heavy atom. The van der Waals surface area contributed by atoms with Crippen molar-refractivity contribution in [2.24, 2.45) is 5.92 Å². The van der Waals surface area contributed by atoms with Crippen LogP contribution in [0.3, 0.4) is 0 Å². The Balaban J connectivity index is 2.22. The smallest absolute Gasteiger partial charge is 0.373 e. The van der Waals surface area contributed by atoms with Gasteiger partial charge in [-0.05, 0) is 35.4 Å². The Morgan fingerprint density at radius 2 is 1.84 bits per heavy atom. The lowest BCUT2D eigenvalue weighted by Crippen LogP contribution is -2.13. The van der Waals surface area contributed by atoms with Crippen molar-refractivity contribution >= 4 is 5.97 Å². The van der Waals surface area contributed by atoms with E-state index in [9.17, 15) is 4.79 Å². The van der Waals surface area contributed by atoms with E-state index in [0.717, 1.165) is 6.42 Å². The number of benzene rings is 1. The summed E-state index contributed by atoms with van der Waals surface area (Å²) in [5, 5.41) is 0. The van der Waals surface area contributed by atoms with Crippen molar-refractivity contribution in [1.29, 1.82) is 0 Å². The van der Waals surface area contributed by atoms with E-state index in [1.807, 2.05) is 12.1 Å². The largest absolute Gasteiger partial charge is 0.378 e. The third-order valence-corrected chi connectivity index (χ3v) is 4.26. The summed E-state index contributed by atoms with van der Waals surface area (Å²) in [6.07, 6.45) is 4.74. The lowest BCUT2D eigenvalue weighted by atomic mass is 9.87. The van der Waals surface area contributed by atoms with E-state index >= 15 is 0 Å². The summed E-state index contributed by atoms with van der Waals surface area (Å²) in [6, 6.07) is 7.37. The van der Waals surface area contributed by atoms with Gasteiger partial charge in [-0.2, -0.15) is 4.89 Å². The Morgan fingerprint density at radius 3 is 2.40 bits per heavy atom. The highest BCUT2D eigenvalue weighted by Gasteiger charge is 2.15. The molecule has 25 heavy (non-hydrogen) atoms. The number of ether oxygens (including phenoxy) is 1. The number of hydrogen-bond acceptors (Lipinski definition) is 4. The maximum Gasteiger partial charge on any atom is 0.373 e. The summed E-state index contributed by atoms with van der Waals surface area (Å²) in [6.45, 7) is 13.1. The zero-order chi connectivity index (χ0) is 18.7. The van der Waals surface area contributed by atoms with Crippen molar-refractivity contribution in [2.45, 2.75) is 65.7 Å². The summed E-state index contributed by atoms with van der Waals surface area (Å²) in [7, 11) is 0. The first kappa shape index (κ1) is 21.7. The van der Waals surface area contributed by atoms with Crippen LogP contribution in [0.2, 0.25) is 0 Å². The topological polar surface area (TPSA) is 44.8 Å². The zero-order valence-electron chi connectivity index (χ0n) is 16.3. The van der Waals surface area contributed by atoms with Crippen LogP contribution in [0.4, 0.5) is 0 Å². The van der Waals surface area contributed by atoms with Crippen molar-refractivity contribution in [3.05, 3.63) is 42.0 Å². The predicted molar refractivity (Wildman–Crippen MR) is 100 cm³/mol. The Bertz CT molecular complexity index is 488. The molecule has 0 saturated carbocycles. The second-order valence-electron chi connectivity index (χ2n) is 7.41. The number of unbranched alkanes of at least 4 members (excludes halogenated alkanes) is 1. The molecule has 0 amide bonds. The van der Waals surface area contributed by atoms with Crippen molar-refractivity contribution in [2.75, 3.05) is 13.2 Å². The molecule has 0 aliphatic rings. The van der Waals surface area contributed by atoms with Crippen LogP contribution in [0.15, 0.2) is 24.3 Å². The fourth-order valence-electron chi connectivity index (χ4n) is 2.44. The van der Waals surface area contributed by atoms with Crippen LogP contribution in [0, 0.1) is 12.5 Å². The summed E-state index contributed by atoms with van der Waals surface area (Å²) >= 11 is 0. The highest BCUT2D eigenvalue weighted by Crippen LogP contribution is 2.22. The molecule has 0 spiro atoms. The standard InChI is InChI=1S/C21H33O4/c1-6-8-9-17(7-2)16-23-14-15-24-25-20(22)18-10-12-19(13-11-18)21(3,4)5/h10-13,15,17H,6-9,14,16H2,1-5H3. The number of carbonyl (C=O) groups is 1. The fourth-order valence-corrected chi connectivity index (χ4v) is 2.44. The molecule has 1 radical (unpaired) electrons. The van der Waals surface area contributed by atoms with Crippen LogP contribution in [0.1, 0.15) is 76.2 Å². The van der Waals surface area contributed by atoms with Crippen LogP contribution in [0.5, 0.6) is 0 Å². The quantitative estimate of drug-likeness (QED) is 0.302. The van der Waals surface area contributed by atoms with E-state index in [1.54, 1.807) is 12.1 Å². The lowest BCUT2D eigenvalue weighted by Gasteiger charge is -2.18. The maximum absolute atomic E-state index is 11.9. The van der Waals surface area contributed by atoms with Gasteiger partial charge in [0.05, 0.1) is 12.2 Å². The predicted octanol–water partition coefficient (Wildman–Crippen LogP) is 5.47. The third-order valence-electron chi connectivity index (χ3n) is 4.26. The van der Waals surface area contributed by atoms with Crippen molar-refractivity contribution in [1.82, 2.24) is 0 Å². The van der Waals surface area contributed by atoms with Crippen molar-refractivity contribution in [3.63, 3.8) is 0 Å². The molecule has 0 N–H and O–H groups in total. The molecule has 1 unspecified atom stereocenters. The van der Waals surface area contributed by atoms with Gasteiger partial charge in [0.25, 0.3) is 0 Å². The number of rotatable bonds is 11. The van der Waals surface area contributed by atoms with E-state index < -0.39 is 5.97 Å². The minimum atomic E-state index is -0.508. The maximum atomic E-state index is 11.9. The summed E-state index contributed by atoms with van der Waals surface area (Å²) < 4.78 is 5.55. The van der Waals surface area contributed by atoms with Gasteiger partial charge >= 0.3 is 5.97 Å². The Labute approximate surface area is 152 Å². The van der Waals surface area contributed by atoms with Gasteiger partial charge in [0.15, 0.2) is 6.61 Å². The molecular formula is C21H33O4. The van der Waals surface area contributed by atoms with Crippen LogP contribution < -0.4 is 0 Å². The van der Waals surface area contributed by atoms with Gasteiger partial charge in [-0.1, -0.05) is 66.0 Å². The molecule has 1 atom stereocenters. The molecule has 0 aromatic heterocycles. The van der Waals surface area contributed by atoms with Gasteiger partial charge in [0, 0.05) is 6.61 Å². The van der Waals surface area contributed by atoms with Crippen molar-refractivity contribution in [3.8, 4) is 0 Å². The van der Waals surface area contributed by atoms with Gasteiger partial charge < -0.3 is 4.74 Å². The molecule has 0 aliphatic heterocycles. The molecule has 1 rings (SSSR count). The van der Waals surface area contributed by atoms with Crippen molar-refractivity contribution < 1.29 is 19.3 Å². The average molecular weight is 349 g/mol. The molecule has 1 aromatic rings. The van der Waals surface area contributed by atoms with Gasteiger partial charge in [-0.3, -0.25) is 4.89 Å². The summed E-state index contributed by atoms with van der Waals surface area (Å²) in [5.74, 6) is 0.0725. The molecule has 0 bridgehead atoms. The zero-order valence-corrected chi connectivity index (χ0v) is 16.3. The lowest BCUT2D eigenvalue weighted by molar-refractivity contribution is -0.218. The highest BCUT2D eigenvalue weighted by molar-refractivity contribution is 5.88. The minimum absolute atomic E-state index is 0.0531. The van der Waals surface area contributed by atoms with Crippen LogP contribution >= 0.6 is 0 Å². The molecule has 0 heterocycles. The van der Waals surface area contributed by atoms with Gasteiger partial charge in [0.2, 0.25) is 0 Å². The molecule has 0 saturated heterocycles. The average Bonchev–Trinajstić information content (AvgIpc) is 2.59. The number of hydrogen-bond donors (Lipinski definition) is 0. The first-order chi connectivity index (χ1) is 11.9. The molecule has 4 heteroatoms.